The number of halogens is 2. The van der Waals surface area contributed by atoms with E-state index in [2.05, 4.69) is 85.1 Å². The first-order chi connectivity index (χ1) is 8.24. The minimum atomic E-state index is 1.12. The Hall–Kier alpha value is -0.0300. The molecule has 0 unspecified atom stereocenters. The van der Waals surface area contributed by atoms with E-state index < -0.39 is 0 Å². The van der Waals surface area contributed by atoms with Crippen molar-refractivity contribution in [1.29, 1.82) is 0 Å². The molecule has 4 heteroatoms. The lowest BCUT2D eigenvalue weighted by Gasteiger charge is -1.97. The molecular formula is C13H10Br2S2. The molecule has 0 aliphatic rings. The highest BCUT2D eigenvalue weighted by Crippen LogP contribution is 2.22. The fourth-order valence-corrected chi connectivity index (χ4v) is 3.52. The van der Waals surface area contributed by atoms with Crippen LogP contribution in [0.2, 0.25) is 0 Å². The Labute approximate surface area is 126 Å². The molecule has 0 saturated heterocycles. The van der Waals surface area contributed by atoms with Crippen molar-refractivity contribution in [3.05, 3.63) is 57.5 Å². The van der Waals surface area contributed by atoms with Crippen molar-refractivity contribution in [3.63, 3.8) is 0 Å². The molecule has 2 rings (SSSR count). The molecule has 0 atom stereocenters. The zero-order valence-electron chi connectivity index (χ0n) is 8.81. The van der Waals surface area contributed by atoms with Crippen LogP contribution in [0, 0.1) is 0 Å². The third-order valence-corrected chi connectivity index (χ3v) is 5.07. The van der Waals surface area contributed by atoms with Crippen LogP contribution in [0.25, 0.3) is 0 Å². The number of rotatable bonds is 3. The number of hydrogen-bond acceptors (Lipinski definition) is 1. The first-order valence-electron chi connectivity index (χ1n) is 4.94. The molecule has 0 aliphatic carbocycles. The van der Waals surface area contributed by atoms with Gasteiger partial charge < -0.3 is 0 Å². The summed E-state index contributed by atoms with van der Waals surface area (Å²) in [6.07, 6.45) is 0. The monoisotopic (exact) mass is 388 g/mol. The van der Waals surface area contributed by atoms with Gasteiger partial charge >= 0.3 is 0 Å². The Bertz CT molecular complexity index is 504. The second-order valence-electron chi connectivity index (χ2n) is 3.28. The lowest BCUT2D eigenvalue weighted by Crippen LogP contribution is -1.70. The van der Waals surface area contributed by atoms with Gasteiger partial charge in [-0.25, -0.2) is 0 Å². The van der Waals surface area contributed by atoms with Crippen molar-refractivity contribution in [1.82, 2.24) is 0 Å². The first kappa shape index (κ1) is 13.4. The molecular weight excluding hydrogens is 380 g/mol. The van der Waals surface area contributed by atoms with Gasteiger partial charge in [-0.2, -0.15) is 11.4 Å². The lowest BCUT2D eigenvalue weighted by molar-refractivity contribution is 1.45. The molecule has 0 heterocycles. The van der Waals surface area contributed by atoms with Gasteiger partial charge in [-0.05, 0) is 53.4 Å². The zero-order valence-corrected chi connectivity index (χ0v) is 13.7. The highest BCUT2D eigenvalue weighted by molar-refractivity contribution is 9.10. The van der Waals surface area contributed by atoms with E-state index in [0.717, 1.165) is 8.95 Å². The molecule has 0 radical (unpaired) electrons. The molecule has 0 bridgehead atoms. The van der Waals surface area contributed by atoms with E-state index in [1.165, 1.54) is 21.1 Å². The standard InChI is InChI=1S/C13H10Br2S2/c14-10-1-5-12(6-2-10)16-9-17-13-7-3-11(15)4-8-13/h1-9,16H. The molecule has 2 aromatic rings. The van der Waals surface area contributed by atoms with Gasteiger partial charge in [0.05, 0.1) is 0 Å². The van der Waals surface area contributed by atoms with Gasteiger partial charge in [0.25, 0.3) is 0 Å². The van der Waals surface area contributed by atoms with E-state index in [4.69, 9.17) is 0 Å². The Morgan fingerprint density at radius 1 is 0.824 bits per heavy atom. The van der Waals surface area contributed by atoms with Crippen LogP contribution in [-0.4, -0.2) is 4.70 Å². The van der Waals surface area contributed by atoms with E-state index in [9.17, 15) is 0 Å². The van der Waals surface area contributed by atoms with E-state index >= 15 is 0 Å². The van der Waals surface area contributed by atoms with Gasteiger partial charge in [0.15, 0.2) is 0 Å². The smallest absolute Gasteiger partial charge is 0.0176 e. The van der Waals surface area contributed by atoms with Crippen LogP contribution in [0.5, 0.6) is 0 Å². The van der Waals surface area contributed by atoms with Crippen LogP contribution >= 0.6 is 55.0 Å². The molecule has 0 spiro atoms. The highest BCUT2D eigenvalue weighted by atomic mass is 79.9. The van der Waals surface area contributed by atoms with Crippen molar-refractivity contribution in [3.8, 4) is 0 Å². The van der Waals surface area contributed by atoms with E-state index in [0.29, 0.717) is 0 Å². The quantitative estimate of drug-likeness (QED) is 0.405. The molecule has 0 aromatic heterocycles. The molecule has 0 fully saturated rings. The third-order valence-electron chi connectivity index (χ3n) is 2.03. The van der Waals surface area contributed by atoms with Crippen molar-refractivity contribution in [2.24, 2.45) is 0 Å². The second kappa shape index (κ2) is 6.78. The molecule has 0 amide bonds. The van der Waals surface area contributed by atoms with Crippen LogP contribution in [0.4, 0.5) is 0 Å². The SMILES string of the molecule is Brc1ccc(SC=[SH]c2ccc(Br)cc2)cc1. The highest BCUT2D eigenvalue weighted by Gasteiger charge is 1.91. The zero-order chi connectivity index (χ0) is 12.1. The predicted molar refractivity (Wildman–Crippen MR) is 87.5 cm³/mol. The van der Waals surface area contributed by atoms with Crippen molar-refractivity contribution in [2.75, 3.05) is 0 Å². The van der Waals surface area contributed by atoms with E-state index in [-0.39, 0.29) is 0 Å². The maximum atomic E-state index is 3.43. The average molecular weight is 390 g/mol. The number of thiol groups is 1. The molecule has 0 nitrogen and oxygen atoms in total. The molecule has 0 aliphatic heterocycles. The summed E-state index contributed by atoms with van der Waals surface area (Å²) in [7, 11) is 0. The predicted octanol–water partition coefficient (Wildman–Crippen LogP) is 5.59. The molecule has 0 saturated carbocycles. The number of hydrogen-bond donors (Lipinski definition) is 1. The van der Waals surface area contributed by atoms with Crippen LogP contribution in [0.15, 0.2) is 67.3 Å². The van der Waals surface area contributed by atoms with Crippen molar-refractivity contribution in [2.45, 2.75) is 9.79 Å². The van der Waals surface area contributed by atoms with Crippen LogP contribution < -0.4 is 0 Å². The second-order valence-corrected chi connectivity index (χ2v) is 7.44. The van der Waals surface area contributed by atoms with E-state index in [1.807, 2.05) is 0 Å². The number of benzene rings is 2. The van der Waals surface area contributed by atoms with Gasteiger partial charge in [0, 0.05) is 18.5 Å². The summed E-state index contributed by atoms with van der Waals surface area (Å²) in [5.74, 6) is 0. The van der Waals surface area contributed by atoms with Crippen LogP contribution in [0.3, 0.4) is 0 Å². The fraction of sp³-hybridized carbons (Fsp3) is 0. The van der Waals surface area contributed by atoms with Gasteiger partial charge in [0.2, 0.25) is 0 Å². The fourth-order valence-electron chi connectivity index (χ4n) is 1.19. The average Bonchev–Trinajstić information content (AvgIpc) is 2.34. The summed E-state index contributed by atoms with van der Waals surface area (Å²) >= 11 is 9.86. The summed E-state index contributed by atoms with van der Waals surface area (Å²) in [4.78, 5) is 2.57. The normalized spacial score (nSPS) is 11.4. The van der Waals surface area contributed by atoms with Gasteiger partial charge in [-0.15, -0.1) is 0 Å². The van der Waals surface area contributed by atoms with Crippen LogP contribution in [-0.2, 0) is 0 Å². The molecule has 88 valence electrons. The Morgan fingerprint density at radius 3 is 1.94 bits per heavy atom. The summed E-state index contributed by atoms with van der Waals surface area (Å²) in [5.41, 5.74) is 0. The minimum absolute atomic E-state index is 1.12. The molecule has 17 heavy (non-hydrogen) atoms. The third kappa shape index (κ3) is 4.62. The van der Waals surface area contributed by atoms with Gasteiger partial charge in [-0.1, -0.05) is 43.6 Å². The lowest BCUT2D eigenvalue weighted by atomic mass is 10.4. The summed E-state index contributed by atoms with van der Waals surface area (Å²) in [6, 6.07) is 16.7. The van der Waals surface area contributed by atoms with Crippen LogP contribution in [0.1, 0.15) is 0 Å². The largest absolute Gasteiger partial charge is 0.163 e. The summed E-state index contributed by atoms with van der Waals surface area (Å²) in [5, 5.41) is 0. The Morgan fingerprint density at radius 2 is 1.35 bits per heavy atom. The maximum Gasteiger partial charge on any atom is 0.0176 e. The van der Waals surface area contributed by atoms with Crippen molar-refractivity contribution >= 4 is 59.7 Å². The number of thioether (sulfide) groups is 1. The van der Waals surface area contributed by atoms with Gasteiger partial charge in [-0.3, -0.25) is 0 Å². The Kier molecular flexibility index (Phi) is 5.35. The maximum absolute atomic E-state index is 3.43. The summed E-state index contributed by atoms with van der Waals surface area (Å²) in [6.45, 7) is 0. The summed E-state index contributed by atoms with van der Waals surface area (Å²) < 4.78 is 4.44. The first-order valence-corrected chi connectivity index (χ1v) is 8.37. The van der Waals surface area contributed by atoms with Crippen molar-refractivity contribution < 1.29 is 0 Å². The minimum Gasteiger partial charge on any atom is -0.163 e. The Balaban J connectivity index is 1.97. The molecule has 0 N–H and O–H groups in total. The van der Waals surface area contributed by atoms with Gasteiger partial charge in [0.1, 0.15) is 0 Å². The molecule has 2 aromatic carbocycles. The topological polar surface area (TPSA) is 0 Å². The van der Waals surface area contributed by atoms with E-state index in [1.54, 1.807) is 11.8 Å².